The number of nitrogens with zero attached hydrogens (tertiary/aromatic N) is 1. The Morgan fingerprint density at radius 3 is 2.31 bits per heavy atom. The molecule has 11 heteroatoms. The van der Waals surface area contributed by atoms with Crippen LogP contribution in [0.15, 0.2) is 72.8 Å². The molecule has 0 spiro atoms. The topological polar surface area (TPSA) is 97.6 Å². The van der Waals surface area contributed by atoms with E-state index in [-0.39, 0.29) is 30.4 Å². The van der Waals surface area contributed by atoms with Crippen LogP contribution in [-0.2, 0) is 11.2 Å². The Bertz CT molecular complexity index is 1580. The first kappa shape index (κ1) is 30.6. The van der Waals surface area contributed by atoms with Crippen LogP contribution in [0.25, 0.3) is 16.6 Å². The van der Waals surface area contributed by atoms with Crippen LogP contribution in [0.2, 0.25) is 5.02 Å². The van der Waals surface area contributed by atoms with E-state index >= 15 is 0 Å². The van der Waals surface area contributed by atoms with Gasteiger partial charge in [-0.05, 0) is 79.1 Å². The van der Waals surface area contributed by atoms with E-state index in [1.807, 2.05) is 6.92 Å². The monoisotopic (exact) mass is 600 g/mol. The molecule has 0 aliphatic rings. The highest BCUT2D eigenvalue weighted by molar-refractivity contribution is 6.31. The number of alkyl halides is 3. The van der Waals surface area contributed by atoms with Crippen LogP contribution in [0.5, 0.6) is 5.75 Å². The normalized spacial score (nSPS) is 12.2. The SMILES string of the molecule is CCCC(Cc1ccc(C(=O)NCCC(=O)O)cc1)C(=O)c1cc2cc(Cl)ccc2n1-c1ccc(OC(F)(F)F)cc1. The number of carbonyl (C=O) groups is 3. The van der Waals surface area contributed by atoms with Crippen molar-refractivity contribution in [3.05, 3.63) is 94.6 Å². The van der Waals surface area contributed by atoms with Crippen molar-refractivity contribution in [1.29, 1.82) is 0 Å². The Labute approximate surface area is 244 Å². The highest BCUT2D eigenvalue weighted by Crippen LogP contribution is 2.32. The van der Waals surface area contributed by atoms with Crippen LogP contribution < -0.4 is 10.1 Å². The zero-order valence-electron chi connectivity index (χ0n) is 22.6. The number of carbonyl (C=O) groups excluding carboxylic acids is 2. The molecule has 4 aromatic rings. The Balaban J connectivity index is 1.62. The summed E-state index contributed by atoms with van der Waals surface area (Å²) in [5.41, 5.74) is 2.73. The molecule has 1 heterocycles. The molecule has 42 heavy (non-hydrogen) atoms. The first-order valence-corrected chi connectivity index (χ1v) is 13.6. The van der Waals surface area contributed by atoms with Gasteiger partial charge in [-0.2, -0.15) is 0 Å². The molecule has 4 rings (SSSR count). The Kier molecular flexibility index (Phi) is 9.57. The summed E-state index contributed by atoms with van der Waals surface area (Å²) in [4.78, 5) is 37.0. The minimum Gasteiger partial charge on any atom is -0.481 e. The molecule has 0 radical (unpaired) electrons. The second-order valence-corrected chi connectivity index (χ2v) is 10.2. The van der Waals surface area contributed by atoms with E-state index < -0.39 is 18.2 Å². The summed E-state index contributed by atoms with van der Waals surface area (Å²) in [6.45, 7) is 1.99. The Morgan fingerprint density at radius 2 is 1.69 bits per heavy atom. The maximum Gasteiger partial charge on any atom is 0.573 e. The maximum atomic E-state index is 14.1. The number of carboxylic acids is 1. The van der Waals surface area contributed by atoms with Gasteiger partial charge in [0.25, 0.3) is 5.91 Å². The molecule has 0 saturated heterocycles. The van der Waals surface area contributed by atoms with Gasteiger partial charge in [0.15, 0.2) is 5.78 Å². The molecule has 0 bridgehead atoms. The summed E-state index contributed by atoms with van der Waals surface area (Å²) in [6, 6.07) is 19.0. The number of amides is 1. The smallest absolute Gasteiger partial charge is 0.481 e. The second kappa shape index (κ2) is 13.1. The van der Waals surface area contributed by atoms with E-state index in [1.165, 1.54) is 24.3 Å². The molecule has 1 unspecified atom stereocenters. The molecule has 1 amide bonds. The number of hydrogen-bond donors (Lipinski definition) is 2. The molecule has 7 nitrogen and oxygen atoms in total. The number of aromatic nitrogens is 1. The minimum absolute atomic E-state index is 0.0142. The number of benzene rings is 3. The fourth-order valence-corrected chi connectivity index (χ4v) is 4.97. The molecule has 1 aromatic heterocycles. The number of carboxylic acid groups (broad SMARTS) is 1. The van der Waals surface area contributed by atoms with Gasteiger partial charge in [0, 0.05) is 34.1 Å². The van der Waals surface area contributed by atoms with Gasteiger partial charge in [0.05, 0.1) is 17.6 Å². The van der Waals surface area contributed by atoms with Crippen molar-refractivity contribution in [3.63, 3.8) is 0 Å². The number of ketones is 1. The number of hydrogen-bond acceptors (Lipinski definition) is 4. The molecule has 0 fully saturated rings. The van der Waals surface area contributed by atoms with Gasteiger partial charge >= 0.3 is 12.3 Å². The van der Waals surface area contributed by atoms with Gasteiger partial charge in [-0.1, -0.05) is 37.1 Å². The maximum absolute atomic E-state index is 14.1. The van der Waals surface area contributed by atoms with Gasteiger partial charge < -0.3 is 19.7 Å². The molecule has 0 saturated carbocycles. The average Bonchev–Trinajstić information content (AvgIpc) is 3.30. The molecular weight excluding hydrogens is 573 g/mol. The summed E-state index contributed by atoms with van der Waals surface area (Å²) >= 11 is 6.21. The largest absolute Gasteiger partial charge is 0.573 e. The van der Waals surface area contributed by atoms with Crippen molar-refractivity contribution in [1.82, 2.24) is 9.88 Å². The number of Topliss-reactive ketones (excluding diaryl/α,β-unsaturated/α-hetero) is 1. The fourth-order valence-electron chi connectivity index (χ4n) is 4.79. The Morgan fingerprint density at radius 1 is 1.00 bits per heavy atom. The lowest BCUT2D eigenvalue weighted by molar-refractivity contribution is -0.274. The molecule has 0 aliphatic carbocycles. The van der Waals surface area contributed by atoms with Crippen molar-refractivity contribution < 1.29 is 37.4 Å². The third-order valence-electron chi connectivity index (χ3n) is 6.68. The van der Waals surface area contributed by atoms with Crippen LogP contribution in [0.3, 0.4) is 0 Å². The number of fused-ring (bicyclic) bond motifs is 1. The first-order valence-electron chi connectivity index (χ1n) is 13.3. The van der Waals surface area contributed by atoms with Crippen molar-refractivity contribution >= 4 is 40.2 Å². The lowest BCUT2D eigenvalue weighted by Gasteiger charge is -2.18. The minimum atomic E-state index is -4.82. The van der Waals surface area contributed by atoms with Crippen molar-refractivity contribution in [2.24, 2.45) is 5.92 Å². The summed E-state index contributed by atoms with van der Waals surface area (Å²) in [5.74, 6) is -2.33. The van der Waals surface area contributed by atoms with Gasteiger partial charge in [0.1, 0.15) is 5.75 Å². The molecule has 1 atom stereocenters. The number of aliphatic carboxylic acids is 1. The van der Waals surface area contributed by atoms with Crippen molar-refractivity contribution in [2.45, 2.75) is 39.0 Å². The van der Waals surface area contributed by atoms with Crippen LogP contribution in [0.4, 0.5) is 13.2 Å². The third kappa shape index (κ3) is 7.70. The zero-order chi connectivity index (χ0) is 30.4. The average molecular weight is 601 g/mol. The number of nitrogens with one attached hydrogen (secondary N) is 1. The van der Waals surface area contributed by atoms with Gasteiger partial charge in [-0.3, -0.25) is 14.4 Å². The summed E-state index contributed by atoms with van der Waals surface area (Å²) in [6.07, 6.45) is -3.30. The van der Waals surface area contributed by atoms with Crippen molar-refractivity contribution in [3.8, 4) is 11.4 Å². The van der Waals surface area contributed by atoms with Crippen LogP contribution in [0.1, 0.15) is 52.6 Å². The molecular formula is C31H28ClF3N2O5. The second-order valence-electron chi connectivity index (χ2n) is 9.76. The highest BCUT2D eigenvalue weighted by atomic mass is 35.5. The number of halogens is 4. The predicted octanol–water partition coefficient (Wildman–Crippen LogP) is 7.23. The van der Waals surface area contributed by atoms with E-state index in [1.54, 1.807) is 53.1 Å². The summed E-state index contributed by atoms with van der Waals surface area (Å²) in [7, 11) is 0. The molecule has 2 N–H and O–H groups in total. The number of rotatable bonds is 12. The zero-order valence-corrected chi connectivity index (χ0v) is 23.3. The molecule has 0 aliphatic heterocycles. The third-order valence-corrected chi connectivity index (χ3v) is 6.91. The quantitative estimate of drug-likeness (QED) is 0.167. The summed E-state index contributed by atoms with van der Waals surface area (Å²) in [5, 5.41) is 12.5. The van der Waals surface area contributed by atoms with Crippen molar-refractivity contribution in [2.75, 3.05) is 6.54 Å². The van der Waals surface area contributed by atoms with Gasteiger partial charge in [-0.15, -0.1) is 13.2 Å². The van der Waals surface area contributed by atoms with Gasteiger partial charge in [0.2, 0.25) is 0 Å². The fraction of sp³-hybridized carbons (Fsp3) is 0.258. The van der Waals surface area contributed by atoms with E-state index in [9.17, 15) is 27.6 Å². The lowest BCUT2D eigenvalue weighted by Crippen LogP contribution is -2.26. The molecule has 3 aromatic carbocycles. The first-order chi connectivity index (χ1) is 19.9. The van der Waals surface area contributed by atoms with Crippen LogP contribution in [-0.4, -0.2) is 40.2 Å². The van der Waals surface area contributed by atoms with E-state index in [0.29, 0.717) is 45.7 Å². The van der Waals surface area contributed by atoms with Crippen LogP contribution in [0, 0.1) is 5.92 Å². The number of ether oxygens (including phenoxy) is 1. The van der Waals surface area contributed by atoms with E-state index in [4.69, 9.17) is 16.7 Å². The Hall–Kier alpha value is -4.31. The lowest BCUT2D eigenvalue weighted by atomic mass is 9.89. The van der Waals surface area contributed by atoms with Gasteiger partial charge in [-0.25, -0.2) is 0 Å². The summed E-state index contributed by atoms with van der Waals surface area (Å²) < 4.78 is 43.8. The highest BCUT2D eigenvalue weighted by Gasteiger charge is 2.31. The van der Waals surface area contributed by atoms with E-state index in [0.717, 1.165) is 12.0 Å². The standard InChI is InChI=1S/C31H28ClF3N2O5/c1-2-3-21(16-19-4-6-20(7-5-19)30(41)36-15-14-28(38)39)29(40)27-18-22-17-23(32)8-13-26(22)37(27)24-9-11-25(12-10-24)42-31(33,34)35/h4-13,17-18,21H,2-3,14-16H2,1H3,(H,36,41)(H,38,39). The van der Waals surface area contributed by atoms with Crippen LogP contribution >= 0.6 is 11.6 Å². The molecule has 220 valence electrons. The predicted molar refractivity (Wildman–Crippen MR) is 152 cm³/mol. The van der Waals surface area contributed by atoms with E-state index in [2.05, 4.69) is 10.1 Å².